The Bertz CT molecular complexity index is 453. The lowest BCUT2D eigenvalue weighted by Gasteiger charge is -2.11. The van der Waals surface area contributed by atoms with Gasteiger partial charge in [0.2, 0.25) is 0 Å². The molecule has 0 amide bonds. The van der Waals surface area contributed by atoms with Gasteiger partial charge in [0.25, 0.3) is 0 Å². The summed E-state index contributed by atoms with van der Waals surface area (Å²) < 4.78 is 0.0383. The van der Waals surface area contributed by atoms with Crippen LogP contribution in [0.1, 0.15) is 17.9 Å². The number of rotatable bonds is 4. The first-order valence-corrected chi connectivity index (χ1v) is 6.12. The van der Waals surface area contributed by atoms with Crippen LogP contribution in [-0.4, -0.2) is 11.1 Å². The van der Waals surface area contributed by atoms with Crippen molar-refractivity contribution in [3.63, 3.8) is 0 Å². The average molecular weight is 314 g/mol. The zero-order valence-electron chi connectivity index (χ0n) is 8.46. The van der Waals surface area contributed by atoms with Crippen LogP contribution < -0.4 is 0 Å². The van der Waals surface area contributed by atoms with E-state index in [-0.39, 0.29) is 10.9 Å². The molecule has 0 radical (unpaired) electrons. The van der Waals surface area contributed by atoms with E-state index in [2.05, 4.69) is 0 Å². The Balaban J connectivity index is 3.01. The van der Waals surface area contributed by atoms with Crippen molar-refractivity contribution in [3.8, 4) is 0 Å². The van der Waals surface area contributed by atoms with Crippen LogP contribution in [0.15, 0.2) is 28.8 Å². The van der Waals surface area contributed by atoms with Crippen molar-refractivity contribution < 1.29 is 9.90 Å². The van der Waals surface area contributed by atoms with Crippen molar-refractivity contribution in [1.29, 1.82) is 0 Å². The van der Waals surface area contributed by atoms with Crippen LogP contribution >= 0.6 is 46.4 Å². The molecule has 0 spiro atoms. The van der Waals surface area contributed by atoms with Gasteiger partial charge in [0.05, 0.1) is 16.0 Å². The lowest BCUT2D eigenvalue weighted by molar-refractivity contribution is -0.138. The molecule has 0 fully saturated rings. The monoisotopic (exact) mass is 312 g/mol. The van der Waals surface area contributed by atoms with E-state index < -0.39 is 11.9 Å². The number of benzene rings is 1. The standard InChI is InChI=1S/C11H8Cl4O2/c12-8-3-1-6(5-9(8)13)7(11(16)17)2-4-10(14)15/h1,3-5,7H,2H2,(H,16,17)/t7-/m1/s1. The van der Waals surface area contributed by atoms with Crippen molar-refractivity contribution in [2.75, 3.05) is 0 Å². The average Bonchev–Trinajstić information content (AvgIpc) is 2.22. The van der Waals surface area contributed by atoms with Crippen molar-refractivity contribution >= 4 is 52.4 Å². The molecule has 1 rings (SSSR count). The highest BCUT2D eigenvalue weighted by atomic mass is 35.5. The van der Waals surface area contributed by atoms with Gasteiger partial charge in [-0.25, -0.2) is 0 Å². The van der Waals surface area contributed by atoms with Crippen molar-refractivity contribution in [2.24, 2.45) is 0 Å². The second-order valence-electron chi connectivity index (χ2n) is 3.29. The first kappa shape index (κ1) is 14.7. The predicted molar refractivity (Wildman–Crippen MR) is 71.2 cm³/mol. The number of hydrogen-bond donors (Lipinski definition) is 1. The van der Waals surface area contributed by atoms with Crippen molar-refractivity contribution in [1.82, 2.24) is 0 Å². The Morgan fingerprint density at radius 1 is 1.29 bits per heavy atom. The summed E-state index contributed by atoms with van der Waals surface area (Å²) in [6, 6.07) is 4.70. The van der Waals surface area contributed by atoms with Gasteiger partial charge >= 0.3 is 5.97 Å². The molecule has 0 unspecified atom stereocenters. The van der Waals surface area contributed by atoms with E-state index in [4.69, 9.17) is 51.5 Å². The van der Waals surface area contributed by atoms with E-state index in [9.17, 15) is 4.79 Å². The fourth-order valence-electron chi connectivity index (χ4n) is 1.32. The molecule has 0 bridgehead atoms. The van der Waals surface area contributed by atoms with Gasteiger partial charge in [0.1, 0.15) is 4.49 Å². The van der Waals surface area contributed by atoms with Crippen LogP contribution in [0.5, 0.6) is 0 Å². The van der Waals surface area contributed by atoms with E-state index in [1.54, 1.807) is 12.1 Å². The summed E-state index contributed by atoms with van der Waals surface area (Å²) in [5.41, 5.74) is 0.553. The highest BCUT2D eigenvalue weighted by Crippen LogP contribution is 2.29. The van der Waals surface area contributed by atoms with Crippen LogP contribution in [0.3, 0.4) is 0 Å². The molecule has 1 N–H and O–H groups in total. The quantitative estimate of drug-likeness (QED) is 0.861. The third kappa shape index (κ3) is 4.40. The molecule has 0 aliphatic heterocycles. The Hall–Kier alpha value is -0.410. The third-order valence-corrected chi connectivity index (χ3v) is 3.20. The summed E-state index contributed by atoms with van der Waals surface area (Å²) >= 11 is 22.5. The van der Waals surface area contributed by atoms with Crippen LogP contribution in [0.2, 0.25) is 10.0 Å². The van der Waals surface area contributed by atoms with E-state index in [0.29, 0.717) is 15.6 Å². The normalized spacial score (nSPS) is 12.0. The fourth-order valence-corrected chi connectivity index (χ4v) is 1.80. The molecule has 92 valence electrons. The number of hydrogen-bond acceptors (Lipinski definition) is 1. The second kappa shape index (κ2) is 6.50. The summed E-state index contributed by atoms with van der Waals surface area (Å²) in [7, 11) is 0. The lowest BCUT2D eigenvalue weighted by Crippen LogP contribution is -2.10. The fraction of sp³-hybridized carbons (Fsp3) is 0.182. The number of carbonyl (C=O) groups is 1. The number of carboxylic acid groups (broad SMARTS) is 1. The largest absolute Gasteiger partial charge is 0.481 e. The first-order valence-electron chi connectivity index (χ1n) is 4.60. The van der Waals surface area contributed by atoms with Gasteiger partial charge in [-0.05, 0) is 24.1 Å². The Kier molecular flexibility index (Phi) is 5.60. The minimum atomic E-state index is -0.978. The molecule has 2 nitrogen and oxygen atoms in total. The molecular weight excluding hydrogens is 306 g/mol. The molecule has 1 aromatic carbocycles. The van der Waals surface area contributed by atoms with Gasteiger partial charge in [-0.2, -0.15) is 0 Å². The third-order valence-electron chi connectivity index (χ3n) is 2.15. The molecule has 0 heterocycles. The zero-order valence-corrected chi connectivity index (χ0v) is 11.5. The molecule has 17 heavy (non-hydrogen) atoms. The summed E-state index contributed by atoms with van der Waals surface area (Å²) in [4.78, 5) is 11.1. The molecule has 0 aliphatic carbocycles. The second-order valence-corrected chi connectivity index (χ2v) is 5.12. The predicted octanol–water partition coefficient (Wildman–Crippen LogP) is 4.87. The van der Waals surface area contributed by atoms with E-state index in [1.807, 2.05) is 0 Å². The summed E-state index contributed by atoms with van der Waals surface area (Å²) in [6.07, 6.45) is 1.63. The molecule has 6 heteroatoms. The van der Waals surface area contributed by atoms with Crippen LogP contribution in [-0.2, 0) is 4.79 Å². The lowest BCUT2D eigenvalue weighted by atomic mass is 9.96. The van der Waals surface area contributed by atoms with Crippen molar-refractivity contribution in [2.45, 2.75) is 12.3 Å². The Morgan fingerprint density at radius 3 is 2.41 bits per heavy atom. The van der Waals surface area contributed by atoms with Gasteiger partial charge in [0, 0.05) is 0 Å². The minimum absolute atomic E-state index is 0.0383. The van der Waals surface area contributed by atoms with Gasteiger partial charge in [-0.1, -0.05) is 58.5 Å². The Morgan fingerprint density at radius 2 is 1.94 bits per heavy atom. The maximum Gasteiger partial charge on any atom is 0.311 e. The molecule has 0 saturated carbocycles. The molecule has 0 aromatic heterocycles. The number of allylic oxidation sites excluding steroid dienone is 1. The summed E-state index contributed by atoms with van der Waals surface area (Å²) in [5, 5.41) is 9.80. The topological polar surface area (TPSA) is 37.3 Å². The maximum absolute atomic E-state index is 11.1. The van der Waals surface area contributed by atoms with Gasteiger partial charge in [0.15, 0.2) is 0 Å². The van der Waals surface area contributed by atoms with Gasteiger partial charge in [-0.15, -0.1) is 0 Å². The summed E-state index contributed by atoms with van der Waals surface area (Å²) in [5.74, 6) is -1.73. The van der Waals surface area contributed by atoms with Crippen LogP contribution in [0.25, 0.3) is 0 Å². The smallest absolute Gasteiger partial charge is 0.311 e. The zero-order chi connectivity index (χ0) is 13.0. The van der Waals surface area contributed by atoms with E-state index in [0.717, 1.165) is 0 Å². The molecule has 1 atom stereocenters. The van der Waals surface area contributed by atoms with Crippen LogP contribution in [0, 0.1) is 0 Å². The molecular formula is C11H8Cl4O2. The number of carboxylic acids is 1. The number of aliphatic carboxylic acids is 1. The SMILES string of the molecule is O=C(O)[C@H](CC=C(Cl)Cl)c1ccc(Cl)c(Cl)c1. The molecule has 0 aliphatic rings. The first-order chi connectivity index (χ1) is 7.91. The Labute approximate surface area is 119 Å². The van der Waals surface area contributed by atoms with E-state index >= 15 is 0 Å². The van der Waals surface area contributed by atoms with Crippen molar-refractivity contribution in [3.05, 3.63) is 44.4 Å². The molecule has 1 aromatic rings. The van der Waals surface area contributed by atoms with Gasteiger partial charge < -0.3 is 5.11 Å². The minimum Gasteiger partial charge on any atom is -0.481 e. The molecule has 0 saturated heterocycles. The number of halogens is 4. The highest BCUT2D eigenvalue weighted by Gasteiger charge is 2.19. The van der Waals surface area contributed by atoms with E-state index in [1.165, 1.54) is 12.1 Å². The highest BCUT2D eigenvalue weighted by molar-refractivity contribution is 6.55. The van der Waals surface area contributed by atoms with Gasteiger partial charge in [-0.3, -0.25) is 4.79 Å². The summed E-state index contributed by atoms with van der Waals surface area (Å²) in [6.45, 7) is 0. The van der Waals surface area contributed by atoms with Crippen LogP contribution in [0.4, 0.5) is 0 Å². The maximum atomic E-state index is 11.1.